The minimum Gasteiger partial charge on any atom is -0.508 e. The van der Waals surface area contributed by atoms with Gasteiger partial charge < -0.3 is 10.2 Å². The van der Waals surface area contributed by atoms with Crippen LogP contribution in [0.3, 0.4) is 0 Å². The van der Waals surface area contributed by atoms with E-state index in [4.69, 9.17) is 0 Å². The molecule has 0 bridgehead atoms. The van der Waals surface area contributed by atoms with Crippen molar-refractivity contribution < 1.29 is 10.2 Å². The first-order chi connectivity index (χ1) is 8.75. The van der Waals surface area contributed by atoms with Crippen LogP contribution < -0.4 is 0 Å². The second kappa shape index (κ2) is 5.63. The molecule has 0 atom stereocenters. The molecule has 0 saturated carbocycles. The molecule has 90 valence electrons. The van der Waals surface area contributed by atoms with Gasteiger partial charge in [-0.2, -0.15) is 10.2 Å². The van der Waals surface area contributed by atoms with Crippen molar-refractivity contribution in [3.05, 3.63) is 59.7 Å². The first-order valence-electron chi connectivity index (χ1n) is 5.39. The molecule has 2 aromatic carbocycles. The highest BCUT2D eigenvalue weighted by molar-refractivity contribution is 5.84. The van der Waals surface area contributed by atoms with Gasteiger partial charge in [-0.05, 0) is 29.8 Å². The highest BCUT2D eigenvalue weighted by Gasteiger charge is 1.93. The predicted molar refractivity (Wildman–Crippen MR) is 71.4 cm³/mol. The smallest absolute Gasteiger partial charge is 0.124 e. The minimum absolute atomic E-state index is 0.161. The number of benzene rings is 2. The third-order valence-electron chi connectivity index (χ3n) is 2.28. The molecule has 0 fully saturated rings. The van der Waals surface area contributed by atoms with E-state index in [-0.39, 0.29) is 11.5 Å². The van der Waals surface area contributed by atoms with Crippen LogP contribution in [0.2, 0.25) is 0 Å². The quantitative estimate of drug-likeness (QED) is 0.639. The highest BCUT2D eigenvalue weighted by Crippen LogP contribution is 2.12. The maximum Gasteiger partial charge on any atom is 0.124 e. The number of aromatic hydroxyl groups is 2. The Morgan fingerprint density at radius 3 is 2.39 bits per heavy atom. The SMILES string of the molecule is Oc1cccc(/C=N/N=C/c2ccccc2O)c1. The fourth-order valence-electron chi connectivity index (χ4n) is 1.40. The maximum absolute atomic E-state index is 9.49. The van der Waals surface area contributed by atoms with Crippen LogP contribution in [0, 0.1) is 0 Å². The first kappa shape index (κ1) is 11.9. The molecule has 4 nitrogen and oxygen atoms in total. The number of phenolic OH excluding ortho intramolecular Hbond substituents is 2. The summed E-state index contributed by atoms with van der Waals surface area (Å²) in [5.41, 5.74) is 1.36. The van der Waals surface area contributed by atoms with E-state index in [1.54, 1.807) is 48.5 Å². The summed E-state index contributed by atoms with van der Waals surface area (Å²) in [6.07, 6.45) is 2.99. The lowest BCUT2D eigenvalue weighted by Crippen LogP contribution is -1.81. The van der Waals surface area contributed by atoms with Crippen LogP contribution >= 0.6 is 0 Å². The summed E-state index contributed by atoms with van der Waals surface area (Å²) in [7, 11) is 0. The molecule has 0 aromatic heterocycles. The topological polar surface area (TPSA) is 65.2 Å². The Hall–Kier alpha value is -2.62. The molecule has 2 N–H and O–H groups in total. The summed E-state index contributed by atoms with van der Waals surface area (Å²) in [6.45, 7) is 0. The zero-order valence-electron chi connectivity index (χ0n) is 9.56. The predicted octanol–water partition coefficient (Wildman–Crippen LogP) is 2.55. The van der Waals surface area contributed by atoms with Gasteiger partial charge in [0.15, 0.2) is 0 Å². The fraction of sp³-hybridized carbons (Fsp3) is 0. The Balaban J connectivity index is 2.06. The van der Waals surface area contributed by atoms with E-state index in [1.165, 1.54) is 12.4 Å². The number of para-hydroxylation sites is 1. The number of rotatable bonds is 3. The van der Waals surface area contributed by atoms with Crippen molar-refractivity contribution in [2.75, 3.05) is 0 Å². The molecule has 0 heterocycles. The monoisotopic (exact) mass is 240 g/mol. The van der Waals surface area contributed by atoms with E-state index in [0.717, 1.165) is 5.56 Å². The largest absolute Gasteiger partial charge is 0.508 e. The van der Waals surface area contributed by atoms with Gasteiger partial charge in [0, 0.05) is 5.56 Å². The van der Waals surface area contributed by atoms with E-state index in [0.29, 0.717) is 5.56 Å². The van der Waals surface area contributed by atoms with Crippen LogP contribution in [0.1, 0.15) is 11.1 Å². The van der Waals surface area contributed by atoms with Crippen LogP contribution in [0.25, 0.3) is 0 Å². The molecule has 4 heteroatoms. The van der Waals surface area contributed by atoms with Gasteiger partial charge in [0.05, 0.1) is 12.4 Å². The van der Waals surface area contributed by atoms with Gasteiger partial charge in [-0.1, -0.05) is 24.3 Å². The number of phenols is 2. The Morgan fingerprint density at radius 2 is 1.61 bits per heavy atom. The Kier molecular flexibility index (Phi) is 3.71. The first-order valence-corrected chi connectivity index (χ1v) is 5.39. The number of hydrogen-bond acceptors (Lipinski definition) is 4. The third kappa shape index (κ3) is 3.18. The van der Waals surface area contributed by atoms with Crippen molar-refractivity contribution in [3.63, 3.8) is 0 Å². The second-order valence-corrected chi connectivity index (χ2v) is 3.64. The molecule has 2 rings (SSSR count). The zero-order chi connectivity index (χ0) is 12.8. The van der Waals surface area contributed by atoms with Crippen LogP contribution in [-0.2, 0) is 0 Å². The van der Waals surface area contributed by atoms with Gasteiger partial charge in [-0.3, -0.25) is 0 Å². The van der Waals surface area contributed by atoms with Crippen molar-refractivity contribution in [1.82, 2.24) is 0 Å². The van der Waals surface area contributed by atoms with E-state index < -0.39 is 0 Å². The zero-order valence-corrected chi connectivity index (χ0v) is 9.56. The highest BCUT2D eigenvalue weighted by atomic mass is 16.3. The summed E-state index contributed by atoms with van der Waals surface area (Å²) >= 11 is 0. The molecule has 0 aliphatic heterocycles. The van der Waals surface area contributed by atoms with Gasteiger partial charge in [0.2, 0.25) is 0 Å². The standard InChI is InChI=1S/C14H12N2O2/c17-13-6-3-4-11(8-13)9-15-16-10-12-5-1-2-7-14(12)18/h1-10,17-18H/b15-9+,16-10+. The van der Waals surface area contributed by atoms with Gasteiger partial charge >= 0.3 is 0 Å². The minimum atomic E-state index is 0.161. The van der Waals surface area contributed by atoms with E-state index in [2.05, 4.69) is 10.2 Å². The average molecular weight is 240 g/mol. The van der Waals surface area contributed by atoms with E-state index in [9.17, 15) is 10.2 Å². The van der Waals surface area contributed by atoms with Crippen LogP contribution in [0.4, 0.5) is 0 Å². The molecule has 18 heavy (non-hydrogen) atoms. The van der Waals surface area contributed by atoms with Crippen molar-refractivity contribution >= 4 is 12.4 Å². The second-order valence-electron chi connectivity index (χ2n) is 3.64. The molecule has 0 unspecified atom stereocenters. The van der Waals surface area contributed by atoms with Crippen molar-refractivity contribution in [1.29, 1.82) is 0 Å². The van der Waals surface area contributed by atoms with Crippen molar-refractivity contribution in [2.45, 2.75) is 0 Å². The van der Waals surface area contributed by atoms with Gasteiger partial charge in [-0.15, -0.1) is 0 Å². The van der Waals surface area contributed by atoms with E-state index in [1.807, 2.05) is 0 Å². The molecule has 0 spiro atoms. The lowest BCUT2D eigenvalue weighted by Gasteiger charge is -1.95. The van der Waals surface area contributed by atoms with Crippen molar-refractivity contribution in [2.24, 2.45) is 10.2 Å². The van der Waals surface area contributed by atoms with Crippen LogP contribution in [0.15, 0.2) is 58.7 Å². The Morgan fingerprint density at radius 1 is 0.833 bits per heavy atom. The van der Waals surface area contributed by atoms with Crippen LogP contribution in [-0.4, -0.2) is 22.6 Å². The summed E-state index contributed by atoms with van der Waals surface area (Å²) in [5, 5.41) is 26.4. The molecule has 0 radical (unpaired) electrons. The molecule has 0 aliphatic carbocycles. The van der Waals surface area contributed by atoms with Gasteiger partial charge in [0.25, 0.3) is 0 Å². The summed E-state index contributed by atoms with van der Waals surface area (Å²) in [6, 6.07) is 13.6. The van der Waals surface area contributed by atoms with Crippen LogP contribution in [0.5, 0.6) is 11.5 Å². The van der Waals surface area contributed by atoms with Crippen molar-refractivity contribution in [3.8, 4) is 11.5 Å². The summed E-state index contributed by atoms with van der Waals surface area (Å²) in [4.78, 5) is 0. The lowest BCUT2D eigenvalue weighted by molar-refractivity contribution is 0.474. The molecular formula is C14H12N2O2. The molecular weight excluding hydrogens is 228 g/mol. The summed E-state index contributed by atoms with van der Waals surface area (Å²) < 4.78 is 0. The number of hydrogen-bond donors (Lipinski definition) is 2. The molecule has 2 aromatic rings. The number of nitrogens with zero attached hydrogens (tertiary/aromatic N) is 2. The third-order valence-corrected chi connectivity index (χ3v) is 2.28. The summed E-state index contributed by atoms with van der Waals surface area (Å²) in [5.74, 6) is 0.345. The maximum atomic E-state index is 9.49. The molecule has 0 aliphatic rings. The molecule has 0 saturated heterocycles. The van der Waals surface area contributed by atoms with Gasteiger partial charge in [-0.25, -0.2) is 0 Å². The fourth-order valence-corrected chi connectivity index (χ4v) is 1.40. The lowest BCUT2D eigenvalue weighted by atomic mass is 10.2. The van der Waals surface area contributed by atoms with Gasteiger partial charge in [0.1, 0.15) is 11.5 Å². The average Bonchev–Trinajstić information content (AvgIpc) is 2.37. The molecule has 0 amide bonds. The van der Waals surface area contributed by atoms with E-state index >= 15 is 0 Å². The Bertz CT molecular complexity index is 592. The normalized spacial score (nSPS) is 11.3. The Labute approximate surface area is 105 Å².